The molecule has 0 aromatic heterocycles. The van der Waals surface area contributed by atoms with E-state index in [9.17, 15) is 0 Å². The largest absolute Gasteiger partial charge is 0.122 e. The third-order valence-electron chi connectivity index (χ3n) is 5.96. The fourth-order valence-corrected chi connectivity index (χ4v) is 6.91. The van der Waals surface area contributed by atoms with Gasteiger partial charge in [-0.15, -0.1) is 23.5 Å². The predicted octanol–water partition coefficient (Wildman–Crippen LogP) is 9.47. The zero-order valence-corrected chi connectivity index (χ0v) is 22.4. The zero-order valence-electron chi connectivity index (χ0n) is 19.9. The molecule has 29 heavy (non-hydrogen) atoms. The number of aryl methyl sites for hydroxylation is 2. The van der Waals surface area contributed by atoms with Gasteiger partial charge in [0.25, 0.3) is 0 Å². The van der Waals surface area contributed by atoms with E-state index in [4.69, 9.17) is 0 Å². The molecule has 0 saturated carbocycles. The summed E-state index contributed by atoms with van der Waals surface area (Å²) in [5.74, 6) is 0. The molecule has 0 aliphatic heterocycles. The summed E-state index contributed by atoms with van der Waals surface area (Å²) in [5.41, 5.74) is 8.59. The third kappa shape index (κ3) is 5.80. The molecule has 0 amide bonds. The average molecular weight is 447 g/mol. The highest BCUT2D eigenvalue weighted by molar-refractivity contribution is 8.00. The molecule has 0 heterocycles. The molecule has 2 unspecified atom stereocenters. The monoisotopic (exact) mass is 446 g/mol. The Morgan fingerprint density at radius 3 is 1.28 bits per heavy atom. The lowest BCUT2D eigenvalue weighted by atomic mass is 10.1. The maximum atomic E-state index is 2.41. The molecule has 0 aliphatic rings. The first-order valence-corrected chi connectivity index (χ1v) is 13.4. The summed E-state index contributed by atoms with van der Waals surface area (Å²) in [4.78, 5) is 5.76. The van der Waals surface area contributed by atoms with Crippen molar-refractivity contribution in [1.29, 1.82) is 0 Å². The topological polar surface area (TPSA) is 0 Å². The van der Waals surface area contributed by atoms with Crippen molar-refractivity contribution in [2.24, 2.45) is 0 Å². The third-order valence-corrected chi connectivity index (χ3v) is 10.5. The lowest BCUT2D eigenvalue weighted by Gasteiger charge is -2.21. The summed E-state index contributed by atoms with van der Waals surface area (Å²) in [7, 11) is 0. The van der Waals surface area contributed by atoms with E-state index in [-0.39, 0.29) is 0 Å². The molecule has 0 N–H and O–H groups in total. The van der Waals surface area contributed by atoms with Crippen LogP contribution in [-0.4, -0.2) is 10.5 Å². The van der Waals surface area contributed by atoms with E-state index in [0.717, 1.165) is 0 Å². The standard InChI is InChI=1S/C26H38S3/c1-11-17(5)27-25-15(3)13-23(19(7)21(25)9)29-24-14-16(4)26(22(10)20(24)8)28-18(6)12-2/h13-14,17-18H,11-12H2,1-10H3. The molecule has 0 saturated heterocycles. The van der Waals surface area contributed by atoms with E-state index < -0.39 is 0 Å². The molecule has 2 aromatic carbocycles. The highest BCUT2D eigenvalue weighted by Crippen LogP contribution is 2.43. The van der Waals surface area contributed by atoms with Gasteiger partial charge in [0.2, 0.25) is 0 Å². The van der Waals surface area contributed by atoms with Crippen LogP contribution in [0.2, 0.25) is 0 Å². The Bertz CT molecular complexity index is 796. The minimum atomic E-state index is 0.661. The van der Waals surface area contributed by atoms with Crippen molar-refractivity contribution in [3.63, 3.8) is 0 Å². The van der Waals surface area contributed by atoms with Crippen LogP contribution in [0.25, 0.3) is 0 Å². The summed E-state index contributed by atoms with van der Waals surface area (Å²) in [6.45, 7) is 22.9. The lowest BCUT2D eigenvalue weighted by molar-refractivity contribution is 0.902. The molecule has 0 spiro atoms. The molecule has 0 radical (unpaired) electrons. The van der Waals surface area contributed by atoms with Crippen LogP contribution in [0.1, 0.15) is 73.9 Å². The van der Waals surface area contributed by atoms with E-state index in [0.29, 0.717) is 10.5 Å². The van der Waals surface area contributed by atoms with E-state index in [1.807, 2.05) is 35.3 Å². The second-order valence-electron chi connectivity index (χ2n) is 8.32. The van der Waals surface area contributed by atoms with E-state index in [1.54, 1.807) is 0 Å². The summed E-state index contributed by atoms with van der Waals surface area (Å²) in [5, 5.41) is 1.32. The van der Waals surface area contributed by atoms with Crippen LogP contribution in [0.3, 0.4) is 0 Å². The molecule has 0 aliphatic carbocycles. The Morgan fingerprint density at radius 1 is 0.621 bits per heavy atom. The summed E-state index contributed by atoms with van der Waals surface area (Å²) >= 11 is 6.01. The van der Waals surface area contributed by atoms with Crippen LogP contribution in [0.4, 0.5) is 0 Å². The first kappa shape index (κ1) is 24.8. The van der Waals surface area contributed by atoms with Gasteiger partial charge in [-0.05, 0) is 99.9 Å². The maximum absolute atomic E-state index is 2.41. The van der Waals surface area contributed by atoms with Gasteiger partial charge in [0, 0.05) is 30.1 Å². The lowest BCUT2D eigenvalue weighted by Crippen LogP contribution is -2.00. The van der Waals surface area contributed by atoms with Crippen LogP contribution in [0, 0.1) is 41.5 Å². The van der Waals surface area contributed by atoms with Crippen molar-refractivity contribution in [3.8, 4) is 0 Å². The molecule has 2 atom stereocenters. The number of rotatable bonds is 8. The molecule has 0 bridgehead atoms. The quantitative estimate of drug-likeness (QED) is 0.370. The second-order valence-corrected chi connectivity index (χ2v) is 12.3. The van der Waals surface area contributed by atoms with Gasteiger partial charge in [0.15, 0.2) is 0 Å². The SMILES string of the molecule is CCC(C)Sc1c(C)cc(Sc2cc(C)c(SC(C)CC)c(C)c2C)c(C)c1C. The van der Waals surface area contributed by atoms with Gasteiger partial charge < -0.3 is 0 Å². The van der Waals surface area contributed by atoms with Crippen molar-refractivity contribution in [3.05, 3.63) is 45.5 Å². The first-order chi connectivity index (χ1) is 13.6. The van der Waals surface area contributed by atoms with Crippen LogP contribution in [0.5, 0.6) is 0 Å². The molecular formula is C26H38S3. The number of benzene rings is 2. The van der Waals surface area contributed by atoms with Crippen LogP contribution < -0.4 is 0 Å². The summed E-state index contributed by atoms with van der Waals surface area (Å²) < 4.78 is 0. The Hall–Kier alpha value is -0.510. The number of hydrogen-bond acceptors (Lipinski definition) is 3. The molecular weight excluding hydrogens is 408 g/mol. The molecule has 160 valence electrons. The van der Waals surface area contributed by atoms with E-state index in [1.165, 1.54) is 65.8 Å². The van der Waals surface area contributed by atoms with Crippen molar-refractivity contribution in [1.82, 2.24) is 0 Å². The van der Waals surface area contributed by atoms with Crippen LogP contribution in [0.15, 0.2) is 31.7 Å². The van der Waals surface area contributed by atoms with Crippen molar-refractivity contribution < 1.29 is 0 Å². The highest BCUT2D eigenvalue weighted by atomic mass is 32.2. The number of hydrogen-bond donors (Lipinski definition) is 0. The van der Waals surface area contributed by atoms with Gasteiger partial charge in [-0.2, -0.15) is 0 Å². The fraction of sp³-hybridized carbons (Fsp3) is 0.538. The zero-order chi connectivity index (χ0) is 21.9. The second kappa shape index (κ2) is 10.7. The molecule has 0 fully saturated rings. The predicted molar refractivity (Wildman–Crippen MR) is 137 cm³/mol. The summed E-state index contributed by atoms with van der Waals surface area (Å²) in [6.07, 6.45) is 2.41. The Kier molecular flexibility index (Phi) is 9.12. The van der Waals surface area contributed by atoms with Crippen molar-refractivity contribution >= 4 is 35.3 Å². The Morgan fingerprint density at radius 2 is 0.966 bits per heavy atom. The average Bonchev–Trinajstić information content (AvgIpc) is 2.69. The van der Waals surface area contributed by atoms with Gasteiger partial charge in [-0.25, -0.2) is 0 Å². The Labute approximate surface area is 192 Å². The van der Waals surface area contributed by atoms with E-state index >= 15 is 0 Å². The smallest absolute Gasteiger partial charge is 0.0157 e. The Balaban J connectivity index is 2.42. The van der Waals surface area contributed by atoms with Crippen LogP contribution in [-0.2, 0) is 0 Å². The highest BCUT2D eigenvalue weighted by Gasteiger charge is 2.17. The van der Waals surface area contributed by atoms with Crippen molar-refractivity contribution in [2.45, 2.75) is 112 Å². The first-order valence-electron chi connectivity index (χ1n) is 10.8. The van der Waals surface area contributed by atoms with Crippen molar-refractivity contribution in [2.75, 3.05) is 0 Å². The molecule has 0 nitrogen and oxygen atoms in total. The van der Waals surface area contributed by atoms with Gasteiger partial charge in [-0.1, -0.05) is 39.5 Å². The van der Waals surface area contributed by atoms with Crippen LogP contribution >= 0.6 is 35.3 Å². The molecule has 3 heteroatoms. The fourth-order valence-electron chi connectivity index (χ4n) is 3.30. The van der Waals surface area contributed by atoms with Gasteiger partial charge in [-0.3, -0.25) is 0 Å². The van der Waals surface area contributed by atoms with E-state index in [2.05, 4.69) is 81.4 Å². The van der Waals surface area contributed by atoms with Gasteiger partial charge in [0.05, 0.1) is 0 Å². The van der Waals surface area contributed by atoms with Gasteiger partial charge >= 0.3 is 0 Å². The normalized spacial score (nSPS) is 13.6. The number of thioether (sulfide) groups is 2. The van der Waals surface area contributed by atoms with Gasteiger partial charge in [0.1, 0.15) is 0 Å². The summed E-state index contributed by atoms with van der Waals surface area (Å²) in [6, 6.07) is 4.81. The maximum Gasteiger partial charge on any atom is 0.0157 e. The molecule has 2 aromatic rings. The minimum Gasteiger partial charge on any atom is -0.122 e. The molecule has 2 rings (SSSR count). The minimum absolute atomic E-state index is 0.661.